The third kappa shape index (κ3) is 2.56. The zero-order valence-electron chi connectivity index (χ0n) is 8.29. The number of amides is 1. The summed E-state index contributed by atoms with van der Waals surface area (Å²) in [7, 11) is 0. The molecule has 0 aromatic heterocycles. The average molecular weight is 197 g/mol. The van der Waals surface area contributed by atoms with Gasteiger partial charge in [-0.3, -0.25) is 4.79 Å². The molecular formula is C10H15NO3. The van der Waals surface area contributed by atoms with Crippen molar-refractivity contribution < 1.29 is 14.3 Å². The average Bonchev–Trinajstić information content (AvgIpc) is 2.94. The fourth-order valence-corrected chi connectivity index (χ4v) is 1.49. The molecule has 2 atom stereocenters. The summed E-state index contributed by atoms with van der Waals surface area (Å²) in [6.45, 7) is 3.39. The standard InChI is InChI=1S/C10H15NO3/c1-6(10(11)12)7(2-8-4-13-8)3-9-5-14-9/h8-9H,2-5H2,1H3,(H2,11,12). The van der Waals surface area contributed by atoms with Gasteiger partial charge in [-0.05, 0) is 19.8 Å². The lowest BCUT2D eigenvalue weighted by atomic mass is 9.99. The van der Waals surface area contributed by atoms with Crippen LogP contribution in [-0.4, -0.2) is 31.3 Å². The molecule has 2 N–H and O–H groups in total. The summed E-state index contributed by atoms with van der Waals surface area (Å²) >= 11 is 0. The number of ether oxygens (including phenoxy) is 2. The van der Waals surface area contributed by atoms with Crippen molar-refractivity contribution in [3.63, 3.8) is 0 Å². The highest BCUT2D eigenvalue weighted by Gasteiger charge is 2.30. The second kappa shape index (κ2) is 3.71. The van der Waals surface area contributed by atoms with E-state index >= 15 is 0 Å². The predicted octanol–water partition coefficient (Wildman–Crippen LogP) is 0.366. The monoisotopic (exact) mass is 197 g/mol. The normalized spacial score (nSPS) is 28.4. The van der Waals surface area contributed by atoms with E-state index < -0.39 is 0 Å². The Kier molecular flexibility index (Phi) is 2.56. The van der Waals surface area contributed by atoms with Gasteiger partial charge in [0.25, 0.3) is 0 Å². The molecule has 0 saturated carbocycles. The molecule has 0 aromatic rings. The number of primary amides is 1. The molecule has 2 saturated heterocycles. The zero-order chi connectivity index (χ0) is 10.1. The molecule has 0 aromatic carbocycles. The van der Waals surface area contributed by atoms with E-state index in [9.17, 15) is 4.79 Å². The third-order valence-corrected chi connectivity index (χ3v) is 2.65. The lowest BCUT2D eigenvalue weighted by molar-refractivity contribution is -0.114. The molecule has 1 amide bonds. The van der Waals surface area contributed by atoms with Gasteiger partial charge in [-0.15, -0.1) is 0 Å². The summed E-state index contributed by atoms with van der Waals surface area (Å²) in [5, 5.41) is 0. The van der Waals surface area contributed by atoms with Gasteiger partial charge in [-0.2, -0.15) is 0 Å². The molecule has 2 heterocycles. The maximum absolute atomic E-state index is 11.0. The number of nitrogens with two attached hydrogens (primary N) is 1. The summed E-state index contributed by atoms with van der Waals surface area (Å²) in [6.07, 6.45) is 2.26. The van der Waals surface area contributed by atoms with Crippen LogP contribution in [0.15, 0.2) is 11.1 Å². The number of epoxide rings is 2. The second-order valence-electron chi connectivity index (χ2n) is 3.91. The molecule has 14 heavy (non-hydrogen) atoms. The number of hydrogen-bond acceptors (Lipinski definition) is 3. The molecule has 0 bridgehead atoms. The number of carbonyl (C=O) groups is 1. The Hall–Kier alpha value is -0.870. The number of hydrogen-bond donors (Lipinski definition) is 1. The van der Waals surface area contributed by atoms with Crippen LogP contribution in [-0.2, 0) is 14.3 Å². The Morgan fingerprint density at radius 2 is 1.71 bits per heavy atom. The molecule has 4 heteroatoms. The molecule has 4 nitrogen and oxygen atoms in total. The van der Waals surface area contributed by atoms with Gasteiger partial charge in [0.15, 0.2) is 0 Å². The molecule has 2 unspecified atom stereocenters. The van der Waals surface area contributed by atoms with Gasteiger partial charge in [0.1, 0.15) is 0 Å². The van der Waals surface area contributed by atoms with Gasteiger partial charge in [0.2, 0.25) is 5.91 Å². The van der Waals surface area contributed by atoms with Gasteiger partial charge in [-0.1, -0.05) is 5.57 Å². The van der Waals surface area contributed by atoms with Crippen molar-refractivity contribution in [3.05, 3.63) is 11.1 Å². The first-order valence-corrected chi connectivity index (χ1v) is 4.88. The maximum atomic E-state index is 11.0. The minimum atomic E-state index is -0.332. The highest BCUT2D eigenvalue weighted by molar-refractivity contribution is 5.92. The van der Waals surface area contributed by atoms with Gasteiger partial charge < -0.3 is 15.2 Å². The van der Waals surface area contributed by atoms with Gasteiger partial charge in [-0.25, -0.2) is 0 Å². The summed E-state index contributed by atoms with van der Waals surface area (Å²) < 4.78 is 10.3. The van der Waals surface area contributed by atoms with Crippen LogP contribution in [0.5, 0.6) is 0 Å². The van der Waals surface area contributed by atoms with Crippen molar-refractivity contribution in [1.29, 1.82) is 0 Å². The van der Waals surface area contributed by atoms with E-state index in [4.69, 9.17) is 15.2 Å². The van der Waals surface area contributed by atoms with E-state index in [1.54, 1.807) is 6.92 Å². The third-order valence-electron chi connectivity index (χ3n) is 2.65. The van der Waals surface area contributed by atoms with E-state index in [1.165, 1.54) is 0 Å². The van der Waals surface area contributed by atoms with E-state index in [0.29, 0.717) is 17.8 Å². The van der Waals surface area contributed by atoms with Crippen molar-refractivity contribution in [1.82, 2.24) is 0 Å². The Morgan fingerprint density at radius 1 is 1.29 bits per heavy atom. The zero-order valence-corrected chi connectivity index (χ0v) is 8.29. The summed E-state index contributed by atoms with van der Waals surface area (Å²) in [5.41, 5.74) is 7.03. The van der Waals surface area contributed by atoms with Crippen molar-refractivity contribution in [2.45, 2.75) is 32.0 Å². The molecule has 78 valence electrons. The predicted molar refractivity (Wildman–Crippen MR) is 50.6 cm³/mol. The summed E-state index contributed by atoms with van der Waals surface area (Å²) in [5.74, 6) is -0.332. The minimum absolute atomic E-state index is 0.304. The van der Waals surface area contributed by atoms with Crippen LogP contribution >= 0.6 is 0 Å². The van der Waals surface area contributed by atoms with Crippen LogP contribution in [0, 0.1) is 0 Å². The Bertz CT molecular complexity index is 261. The van der Waals surface area contributed by atoms with Gasteiger partial charge in [0.05, 0.1) is 25.4 Å². The Morgan fingerprint density at radius 3 is 2.00 bits per heavy atom. The van der Waals surface area contributed by atoms with Crippen molar-refractivity contribution in [2.75, 3.05) is 13.2 Å². The first kappa shape index (κ1) is 9.68. The van der Waals surface area contributed by atoms with Crippen LogP contribution in [0.4, 0.5) is 0 Å². The van der Waals surface area contributed by atoms with E-state index in [2.05, 4.69) is 0 Å². The van der Waals surface area contributed by atoms with Crippen LogP contribution in [0.2, 0.25) is 0 Å². The number of carbonyl (C=O) groups excluding carboxylic acids is 1. The maximum Gasteiger partial charge on any atom is 0.244 e. The van der Waals surface area contributed by atoms with E-state index in [-0.39, 0.29) is 5.91 Å². The fraction of sp³-hybridized carbons (Fsp3) is 0.700. The van der Waals surface area contributed by atoms with Crippen molar-refractivity contribution in [3.8, 4) is 0 Å². The highest BCUT2D eigenvalue weighted by Crippen LogP contribution is 2.28. The summed E-state index contributed by atoms with van der Waals surface area (Å²) in [4.78, 5) is 11.0. The van der Waals surface area contributed by atoms with Crippen LogP contribution < -0.4 is 5.73 Å². The van der Waals surface area contributed by atoms with Crippen molar-refractivity contribution >= 4 is 5.91 Å². The van der Waals surface area contributed by atoms with E-state index in [0.717, 1.165) is 31.6 Å². The topological polar surface area (TPSA) is 68.2 Å². The molecule has 2 aliphatic heterocycles. The molecule has 2 fully saturated rings. The van der Waals surface area contributed by atoms with Crippen LogP contribution in [0.25, 0.3) is 0 Å². The molecular weight excluding hydrogens is 182 g/mol. The minimum Gasteiger partial charge on any atom is -0.373 e. The van der Waals surface area contributed by atoms with Gasteiger partial charge >= 0.3 is 0 Å². The lowest BCUT2D eigenvalue weighted by Crippen LogP contribution is -2.15. The summed E-state index contributed by atoms with van der Waals surface area (Å²) in [6, 6.07) is 0. The quantitative estimate of drug-likeness (QED) is 0.511. The van der Waals surface area contributed by atoms with Crippen LogP contribution in [0.1, 0.15) is 19.8 Å². The molecule has 0 radical (unpaired) electrons. The van der Waals surface area contributed by atoms with Gasteiger partial charge in [0, 0.05) is 5.57 Å². The van der Waals surface area contributed by atoms with Crippen LogP contribution in [0.3, 0.4) is 0 Å². The van der Waals surface area contributed by atoms with E-state index in [1.807, 2.05) is 0 Å². The Balaban J connectivity index is 2.01. The smallest absolute Gasteiger partial charge is 0.244 e. The first-order valence-electron chi connectivity index (χ1n) is 4.88. The SMILES string of the molecule is CC(C(N)=O)=C(CC1CO1)CC1CO1. The first-order chi connectivity index (χ1) is 6.66. The lowest BCUT2D eigenvalue weighted by Gasteiger charge is -2.07. The fourth-order valence-electron chi connectivity index (χ4n) is 1.49. The Labute approximate surface area is 83.1 Å². The second-order valence-corrected chi connectivity index (χ2v) is 3.91. The highest BCUT2D eigenvalue weighted by atomic mass is 16.6. The largest absolute Gasteiger partial charge is 0.373 e. The molecule has 0 aliphatic carbocycles. The van der Waals surface area contributed by atoms with Crippen molar-refractivity contribution in [2.24, 2.45) is 5.73 Å². The molecule has 0 spiro atoms. The number of rotatable bonds is 5. The molecule has 2 rings (SSSR count). The molecule has 2 aliphatic rings.